The van der Waals surface area contributed by atoms with Gasteiger partial charge in [-0.15, -0.1) is 0 Å². The summed E-state index contributed by atoms with van der Waals surface area (Å²) < 4.78 is 1.80. The average molecular weight is 366 g/mol. The average Bonchev–Trinajstić information content (AvgIpc) is 2.90. The van der Waals surface area contributed by atoms with Gasteiger partial charge in [0.1, 0.15) is 5.57 Å². The molecule has 0 bridgehead atoms. The summed E-state index contributed by atoms with van der Waals surface area (Å²) in [6.45, 7) is 3.60. The third kappa shape index (κ3) is 3.12. The first-order valence-corrected chi connectivity index (χ1v) is 8.06. The number of carboxylic acid groups (broad SMARTS) is 1. The highest BCUT2D eigenvalue weighted by atomic mass is 16.4. The van der Waals surface area contributed by atoms with E-state index in [2.05, 4.69) is 5.32 Å². The van der Waals surface area contributed by atoms with Crippen LogP contribution in [0.3, 0.4) is 0 Å². The Morgan fingerprint density at radius 1 is 1.15 bits per heavy atom. The summed E-state index contributed by atoms with van der Waals surface area (Å²) in [6.07, 6.45) is 1.42. The van der Waals surface area contributed by atoms with E-state index in [0.29, 0.717) is 16.9 Å². The van der Waals surface area contributed by atoms with Crippen molar-refractivity contribution in [3.8, 4) is 5.69 Å². The van der Waals surface area contributed by atoms with Gasteiger partial charge in [-0.3, -0.25) is 19.8 Å². The van der Waals surface area contributed by atoms with Crippen LogP contribution in [-0.4, -0.2) is 40.3 Å². The molecule has 1 aromatic carbocycles. The lowest BCUT2D eigenvalue weighted by Crippen LogP contribution is -2.52. The molecule has 4 amide bonds. The minimum Gasteiger partial charge on any atom is -0.545 e. The van der Waals surface area contributed by atoms with E-state index < -0.39 is 23.8 Å². The number of carbonyl (C=O) groups excluding carboxylic acids is 4. The van der Waals surface area contributed by atoms with E-state index >= 15 is 0 Å². The summed E-state index contributed by atoms with van der Waals surface area (Å²) in [7, 11) is 1.28. The number of rotatable bonds is 3. The Kier molecular flexibility index (Phi) is 4.40. The second-order valence-corrected chi connectivity index (χ2v) is 6.18. The predicted octanol–water partition coefficient (Wildman–Crippen LogP) is 0.549. The Morgan fingerprint density at radius 3 is 2.52 bits per heavy atom. The molecule has 0 unspecified atom stereocenters. The molecular weight excluding hydrogens is 350 g/mol. The van der Waals surface area contributed by atoms with Gasteiger partial charge in [-0.1, -0.05) is 12.1 Å². The quantitative estimate of drug-likeness (QED) is 0.630. The second kappa shape index (κ2) is 6.56. The molecule has 3 rings (SSSR count). The number of nitrogens with zero attached hydrogens (tertiary/aromatic N) is 2. The van der Waals surface area contributed by atoms with Crippen LogP contribution in [0, 0.1) is 13.8 Å². The van der Waals surface area contributed by atoms with E-state index in [1.165, 1.54) is 25.3 Å². The van der Waals surface area contributed by atoms with Gasteiger partial charge in [0.25, 0.3) is 11.8 Å². The van der Waals surface area contributed by atoms with Gasteiger partial charge in [-0.25, -0.2) is 4.79 Å². The molecule has 2 aromatic rings. The summed E-state index contributed by atoms with van der Waals surface area (Å²) in [4.78, 5) is 47.7. The van der Waals surface area contributed by atoms with Gasteiger partial charge in [0.05, 0.1) is 5.97 Å². The molecule has 0 aliphatic carbocycles. The van der Waals surface area contributed by atoms with E-state index in [-0.39, 0.29) is 11.1 Å². The number of urea groups is 1. The number of carboxylic acids is 1. The predicted molar refractivity (Wildman–Crippen MR) is 93.9 cm³/mol. The molecule has 27 heavy (non-hydrogen) atoms. The summed E-state index contributed by atoms with van der Waals surface area (Å²) in [5, 5.41) is 13.2. The molecule has 1 fully saturated rings. The van der Waals surface area contributed by atoms with E-state index in [1.54, 1.807) is 29.7 Å². The van der Waals surface area contributed by atoms with Crippen LogP contribution in [0.4, 0.5) is 4.79 Å². The maximum absolute atomic E-state index is 12.2. The van der Waals surface area contributed by atoms with Crippen LogP contribution in [-0.2, 0) is 9.59 Å². The Balaban J connectivity index is 2.08. The normalized spacial score (nSPS) is 16.0. The number of imide groups is 2. The molecule has 0 atom stereocenters. The first kappa shape index (κ1) is 18.1. The Hall–Kier alpha value is -3.68. The summed E-state index contributed by atoms with van der Waals surface area (Å²) >= 11 is 0. The molecule has 1 aliphatic rings. The topological polar surface area (TPSA) is 112 Å². The Labute approximate surface area is 154 Å². The minimum absolute atomic E-state index is 0.0434. The zero-order valence-corrected chi connectivity index (χ0v) is 14.9. The zero-order valence-electron chi connectivity index (χ0n) is 14.9. The van der Waals surface area contributed by atoms with Crippen LogP contribution in [0.5, 0.6) is 0 Å². The number of nitrogens with one attached hydrogen (secondary N) is 1. The van der Waals surface area contributed by atoms with Crippen molar-refractivity contribution in [1.29, 1.82) is 0 Å². The van der Waals surface area contributed by atoms with Crippen molar-refractivity contribution in [2.24, 2.45) is 0 Å². The first-order valence-electron chi connectivity index (χ1n) is 8.06. The number of likely N-dealkylation sites (N-methyl/N-ethyl adjacent to an activating group) is 1. The molecule has 1 aliphatic heterocycles. The summed E-state index contributed by atoms with van der Waals surface area (Å²) in [5.41, 5.74) is 2.59. The molecule has 138 valence electrons. The first-order chi connectivity index (χ1) is 12.7. The van der Waals surface area contributed by atoms with Gasteiger partial charge in [0.15, 0.2) is 0 Å². The highest BCUT2D eigenvalue weighted by Crippen LogP contribution is 2.24. The lowest BCUT2D eigenvalue weighted by Gasteiger charge is -2.22. The number of barbiturate groups is 1. The molecule has 8 heteroatoms. The molecule has 0 spiro atoms. The third-order valence-electron chi connectivity index (χ3n) is 4.41. The minimum atomic E-state index is -1.28. The van der Waals surface area contributed by atoms with E-state index in [9.17, 15) is 24.3 Å². The number of hydrogen-bond acceptors (Lipinski definition) is 5. The van der Waals surface area contributed by atoms with E-state index in [4.69, 9.17) is 0 Å². The Morgan fingerprint density at radius 2 is 1.85 bits per heavy atom. The van der Waals surface area contributed by atoms with Gasteiger partial charge in [-0.05, 0) is 49.2 Å². The number of aromatic nitrogens is 1. The number of hydrogen-bond donors (Lipinski definition) is 1. The monoisotopic (exact) mass is 366 g/mol. The fourth-order valence-corrected chi connectivity index (χ4v) is 3.00. The number of benzene rings is 1. The van der Waals surface area contributed by atoms with Crippen molar-refractivity contribution in [3.63, 3.8) is 0 Å². The number of amides is 4. The van der Waals surface area contributed by atoms with Crippen molar-refractivity contribution >= 4 is 29.9 Å². The highest BCUT2D eigenvalue weighted by molar-refractivity contribution is 6.30. The molecule has 1 aromatic heterocycles. The number of aromatic carboxylic acids is 1. The van der Waals surface area contributed by atoms with Crippen LogP contribution in [0.2, 0.25) is 0 Å². The lowest BCUT2D eigenvalue weighted by molar-refractivity contribution is -0.255. The van der Waals surface area contributed by atoms with Crippen LogP contribution in [0.25, 0.3) is 11.8 Å². The van der Waals surface area contributed by atoms with Gasteiger partial charge in [0, 0.05) is 24.1 Å². The SMILES string of the molecule is Cc1cc(/C=C2/C(=O)NC(=O)N(C)C2=O)c(C)n1-c1cccc(C(=O)[O-])c1. The van der Waals surface area contributed by atoms with E-state index in [1.807, 2.05) is 6.92 Å². The second-order valence-electron chi connectivity index (χ2n) is 6.18. The number of aryl methyl sites for hydroxylation is 1. The molecule has 0 radical (unpaired) electrons. The maximum Gasteiger partial charge on any atom is 0.331 e. The van der Waals surface area contributed by atoms with Crippen LogP contribution >= 0.6 is 0 Å². The van der Waals surface area contributed by atoms with E-state index in [0.717, 1.165) is 10.6 Å². The molecule has 1 saturated heterocycles. The molecule has 1 N–H and O–H groups in total. The lowest BCUT2D eigenvalue weighted by atomic mass is 10.1. The highest BCUT2D eigenvalue weighted by Gasteiger charge is 2.33. The van der Waals surface area contributed by atoms with Gasteiger partial charge in [0.2, 0.25) is 0 Å². The van der Waals surface area contributed by atoms with Crippen molar-refractivity contribution in [2.45, 2.75) is 13.8 Å². The third-order valence-corrected chi connectivity index (χ3v) is 4.41. The van der Waals surface area contributed by atoms with Gasteiger partial charge >= 0.3 is 6.03 Å². The largest absolute Gasteiger partial charge is 0.545 e. The molecule has 2 heterocycles. The summed E-state index contributed by atoms with van der Waals surface area (Å²) in [5.74, 6) is -2.72. The maximum atomic E-state index is 12.2. The fourth-order valence-electron chi connectivity index (χ4n) is 3.00. The van der Waals surface area contributed by atoms with Crippen LogP contribution in [0.1, 0.15) is 27.3 Å². The van der Waals surface area contributed by atoms with Crippen molar-refractivity contribution in [2.75, 3.05) is 7.05 Å². The Bertz CT molecular complexity index is 1030. The van der Waals surface area contributed by atoms with Gasteiger partial charge in [-0.2, -0.15) is 0 Å². The van der Waals surface area contributed by atoms with Crippen molar-refractivity contribution < 1.29 is 24.3 Å². The molecular formula is C19H16N3O5-. The summed E-state index contributed by atoms with van der Waals surface area (Å²) in [6, 6.07) is 7.27. The van der Waals surface area contributed by atoms with Crippen LogP contribution < -0.4 is 10.4 Å². The van der Waals surface area contributed by atoms with Crippen molar-refractivity contribution in [1.82, 2.24) is 14.8 Å². The number of carbonyl (C=O) groups is 4. The van der Waals surface area contributed by atoms with Gasteiger partial charge < -0.3 is 14.5 Å². The standard InChI is InChI=1S/C19H17N3O5/c1-10-7-13(9-15-16(23)20-19(27)21(3)17(15)24)11(2)22(10)14-6-4-5-12(8-14)18(25)26/h4-9H,1-3H3,(H,25,26)(H,20,23,27)/p-1/b15-9-. The molecule has 8 nitrogen and oxygen atoms in total. The molecule has 0 saturated carbocycles. The fraction of sp³-hybridized carbons (Fsp3) is 0.158. The van der Waals surface area contributed by atoms with Crippen LogP contribution in [0.15, 0.2) is 35.9 Å². The zero-order chi connectivity index (χ0) is 19.9. The van der Waals surface area contributed by atoms with Crippen molar-refractivity contribution in [3.05, 3.63) is 58.4 Å². The smallest absolute Gasteiger partial charge is 0.331 e.